The van der Waals surface area contributed by atoms with Crippen molar-refractivity contribution in [3.63, 3.8) is 0 Å². The maximum absolute atomic E-state index is 13.3. The Morgan fingerprint density at radius 3 is 2.20 bits per heavy atom. The second-order valence-electron chi connectivity index (χ2n) is 7.59. The van der Waals surface area contributed by atoms with Gasteiger partial charge in [0.2, 0.25) is 10.0 Å². The molecule has 30 heavy (non-hydrogen) atoms. The fourth-order valence-corrected chi connectivity index (χ4v) is 6.10. The predicted octanol–water partition coefficient (Wildman–Crippen LogP) is 3.16. The van der Waals surface area contributed by atoms with Gasteiger partial charge in [-0.05, 0) is 49.4 Å². The molecule has 0 aromatic heterocycles. The van der Waals surface area contributed by atoms with Gasteiger partial charge in [0.1, 0.15) is 0 Å². The lowest BCUT2D eigenvalue weighted by Gasteiger charge is -2.35. The van der Waals surface area contributed by atoms with Crippen molar-refractivity contribution in [2.75, 3.05) is 50.4 Å². The highest BCUT2D eigenvalue weighted by molar-refractivity contribution is 7.98. The Morgan fingerprint density at radius 1 is 0.900 bits per heavy atom. The van der Waals surface area contributed by atoms with Crippen LogP contribution in [0, 0.1) is 0 Å². The molecule has 2 aromatic carbocycles. The lowest BCUT2D eigenvalue weighted by molar-refractivity contribution is 0.0789. The van der Waals surface area contributed by atoms with Crippen LogP contribution in [0.5, 0.6) is 0 Å². The van der Waals surface area contributed by atoms with Crippen molar-refractivity contribution in [3.05, 3.63) is 54.1 Å². The number of para-hydroxylation sites is 1. The van der Waals surface area contributed by atoms with E-state index in [1.807, 2.05) is 41.5 Å². The Hall–Kier alpha value is -2.03. The summed E-state index contributed by atoms with van der Waals surface area (Å²) in [5.41, 5.74) is 1.60. The van der Waals surface area contributed by atoms with Crippen LogP contribution in [0.15, 0.2) is 58.3 Å². The Balaban J connectivity index is 1.54. The Labute approximate surface area is 182 Å². The molecule has 2 fully saturated rings. The maximum Gasteiger partial charge on any atom is 0.255 e. The van der Waals surface area contributed by atoms with Gasteiger partial charge in [-0.15, -0.1) is 11.8 Å². The van der Waals surface area contributed by atoms with Gasteiger partial charge in [-0.1, -0.05) is 18.2 Å². The van der Waals surface area contributed by atoms with Gasteiger partial charge in [-0.3, -0.25) is 4.79 Å². The fourth-order valence-electron chi connectivity index (χ4n) is 4.08. The lowest BCUT2D eigenvalue weighted by atomic mass is 10.2. The zero-order valence-corrected chi connectivity index (χ0v) is 18.8. The first-order chi connectivity index (χ1) is 14.5. The summed E-state index contributed by atoms with van der Waals surface area (Å²) in [5.74, 6) is -0.0669. The minimum atomic E-state index is -3.65. The summed E-state index contributed by atoms with van der Waals surface area (Å²) < 4.78 is 28.1. The van der Waals surface area contributed by atoms with E-state index in [0.29, 0.717) is 31.7 Å². The van der Waals surface area contributed by atoms with E-state index >= 15 is 0 Å². The number of hydrogen-bond donors (Lipinski definition) is 0. The third-order valence-corrected chi connectivity index (χ3v) is 8.48. The van der Waals surface area contributed by atoms with E-state index < -0.39 is 10.0 Å². The SMILES string of the molecule is CSc1ccc(S(=O)(=O)N2CCN(c3ccccc3)CC2)cc1C(=O)N1CCCC1. The molecule has 0 radical (unpaired) electrons. The molecule has 0 bridgehead atoms. The molecule has 0 unspecified atom stereocenters. The van der Waals surface area contributed by atoms with Crippen LogP contribution in [-0.4, -0.2) is 69.1 Å². The molecule has 160 valence electrons. The normalized spacial score (nSPS) is 18.0. The third-order valence-electron chi connectivity index (χ3n) is 5.79. The molecule has 2 heterocycles. The number of likely N-dealkylation sites (tertiary alicyclic amines) is 1. The lowest BCUT2D eigenvalue weighted by Crippen LogP contribution is -2.48. The molecule has 1 amide bonds. The number of carbonyl (C=O) groups is 1. The molecule has 2 aromatic rings. The Morgan fingerprint density at radius 2 is 1.57 bits per heavy atom. The summed E-state index contributed by atoms with van der Waals surface area (Å²) in [4.78, 5) is 18.0. The molecule has 0 aliphatic carbocycles. The van der Waals surface area contributed by atoms with Crippen LogP contribution in [0.2, 0.25) is 0 Å². The zero-order chi connectivity index (χ0) is 21.1. The number of sulfonamides is 1. The summed E-state index contributed by atoms with van der Waals surface area (Å²) in [6.07, 6.45) is 3.92. The minimum absolute atomic E-state index is 0.0669. The van der Waals surface area contributed by atoms with Crippen LogP contribution in [0.1, 0.15) is 23.2 Å². The molecule has 2 aliphatic rings. The van der Waals surface area contributed by atoms with Crippen LogP contribution in [0.3, 0.4) is 0 Å². The van der Waals surface area contributed by atoms with Crippen molar-refractivity contribution < 1.29 is 13.2 Å². The molecule has 6 nitrogen and oxygen atoms in total. The van der Waals surface area contributed by atoms with Crippen LogP contribution in [0.4, 0.5) is 5.69 Å². The standard InChI is InChI=1S/C22H27N3O3S2/c1-29-21-10-9-19(17-20(21)22(26)24-11-5-6-12-24)30(27,28)25-15-13-23(14-16-25)18-7-3-2-4-8-18/h2-4,7-10,17H,5-6,11-16H2,1H3. The number of rotatable bonds is 5. The highest BCUT2D eigenvalue weighted by Crippen LogP contribution is 2.28. The van der Waals surface area contributed by atoms with E-state index in [1.54, 1.807) is 18.2 Å². The minimum Gasteiger partial charge on any atom is -0.369 e. The zero-order valence-electron chi connectivity index (χ0n) is 17.2. The monoisotopic (exact) mass is 445 g/mol. The van der Waals surface area contributed by atoms with E-state index in [4.69, 9.17) is 0 Å². The fraction of sp³-hybridized carbons (Fsp3) is 0.409. The van der Waals surface area contributed by atoms with Crippen molar-refractivity contribution in [1.82, 2.24) is 9.21 Å². The molecule has 8 heteroatoms. The number of piperazine rings is 1. The Kier molecular flexibility index (Phi) is 6.36. The van der Waals surface area contributed by atoms with Gasteiger partial charge in [0.25, 0.3) is 5.91 Å². The smallest absolute Gasteiger partial charge is 0.255 e. The van der Waals surface area contributed by atoms with Gasteiger partial charge >= 0.3 is 0 Å². The van der Waals surface area contributed by atoms with Gasteiger partial charge in [-0.2, -0.15) is 4.31 Å². The van der Waals surface area contributed by atoms with Crippen molar-refractivity contribution in [2.45, 2.75) is 22.6 Å². The van der Waals surface area contributed by atoms with Crippen LogP contribution in [-0.2, 0) is 10.0 Å². The first kappa shape index (κ1) is 21.2. The number of thioether (sulfide) groups is 1. The number of nitrogens with zero attached hydrogens (tertiary/aromatic N) is 3. The molecular weight excluding hydrogens is 418 g/mol. The summed E-state index contributed by atoms with van der Waals surface area (Å²) in [6.45, 7) is 3.63. The van der Waals surface area contributed by atoms with E-state index in [1.165, 1.54) is 16.1 Å². The molecule has 0 atom stereocenters. The topological polar surface area (TPSA) is 60.9 Å². The molecule has 2 saturated heterocycles. The average Bonchev–Trinajstić information content (AvgIpc) is 3.34. The Bertz CT molecular complexity index is 998. The predicted molar refractivity (Wildman–Crippen MR) is 121 cm³/mol. The second kappa shape index (κ2) is 8.99. The summed E-state index contributed by atoms with van der Waals surface area (Å²) >= 11 is 1.47. The number of hydrogen-bond acceptors (Lipinski definition) is 5. The largest absolute Gasteiger partial charge is 0.369 e. The number of anilines is 1. The van der Waals surface area contributed by atoms with Gasteiger partial charge in [0.15, 0.2) is 0 Å². The highest BCUT2D eigenvalue weighted by atomic mass is 32.2. The van der Waals surface area contributed by atoms with Gasteiger partial charge in [0.05, 0.1) is 10.5 Å². The molecule has 4 rings (SSSR count). The van der Waals surface area contributed by atoms with E-state index in [9.17, 15) is 13.2 Å². The van der Waals surface area contributed by atoms with Crippen LogP contribution in [0.25, 0.3) is 0 Å². The van der Waals surface area contributed by atoms with Crippen molar-refractivity contribution in [2.24, 2.45) is 0 Å². The first-order valence-electron chi connectivity index (χ1n) is 10.3. The van der Waals surface area contributed by atoms with Crippen molar-refractivity contribution >= 4 is 33.4 Å². The van der Waals surface area contributed by atoms with Gasteiger partial charge in [0, 0.05) is 49.9 Å². The highest BCUT2D eigenvalue weighted by Gasteiger charge is 2.30. The van der Waals surface area contributed by atoms with Crippen molar-refractivity contribution in [3.8, 4) is 0 Å². The van der Waals surface area contributed by atoms with E-state index in [2.05, 4.69) is 4.90 Å². The summed E-state index contributed by atoms with van der Waals surface area (Å²) in [5, 5.41) is 0. The van der Waals surface area contributed by atoms with Gasteiger partial charge < -0.3 is 9.80 Å². The molecule has 0 spiro atoms. The van der Waals surface area contributed by atoms with E-state index in [-0.39, 0.29) is 10.8 Å². The average molecular weight is 446 g/mol. The van der Waals surface area contributed by atoms with Crippen molar-refractivity contribution in [1.29, 1.82) is 0 Å². The quantitative estimate of drug-likeness (QED) is 0.662. The molecule has 2 aliphatic heterocycles. The number of benzene rings is 2. The second-order valence-corrected chi connectivity index (χ2v) is 10.4. The van der Waals surface area contributed by atoms with Crippen LogP contribution < -0.4 is 4.90 Å². The maximum atomic E-state index is 13.3. The first-order valence-corrected chi connectivity index (χ1v) is 12.9. The molecular formula is C22H27N3O3S2. The summed E-state index contributed by atoms with van der Waals surface area (Å²) in [6, 6.07) is 15.0. The third kappa shape index (κ3) is 4.22. The van der Waals surface area contributed by atoms with Crippen LogP contribution >= 0.6 is 11.8 Å². The molecule has 0 saturated carbocycles. The molecule has 0 N–H and O–H groups in total. The summed E-state index contributed by atoms with van der Waals surface area (Å²) in [7, 11) is -3.65. The van der Waals surface area contributed by atoms with E-state index in [0.717, 1.165) is 36.5 Å². The number of carbonyl (C=O) groups excluding carboxylic acids is 1. The number of amides is 1. The van der Waals surface area contributed by atoms with Gasteiger partial charge in [-0.25, -0.2) is 8.42 Å².